The average molecular weight is 407 g/mol. The zero-order valence-corrected chi connectivity index (χ0v) is 17.1. The summed E-state index contributed by atoms with van der Waals surface area (Å²) >= 11 is 0. The lowest BCUT2D eigenvalue weighted by molar-refractivity contribution is 0.415. The lowest BCUT2D eigenvalue weighted by atomic mass is 10.2. The zero-order chi connectivity index (χ0) is 20.9. The topological polar surface area (TPSA) is 102 Å². The Morgan fingerprint density at radius 3 is 1.87 bits per heavy atom. The molecule has 2 aromatic carbocycles. The lowest BCUT2D eigenvalue weighted by Crippen LogP contribution is -2.44. The van der Waals surface area contributed by atoms with Crippen LogP contribution < -0.4 is 30.3 Å². The van der Waals surface area contributed by atoms with Crippen molar-refractivity contribution >= 4 is 29.2 Å². The molecule has 1 aromatic heterocycles. The van der Waals surface area contributed by atoms with Crippen molar-refractivity contribution in [3.8, 4) is 11.5 Å². The Labute approximate surface area is 175 Å². The number of anilines is 5. The molecule has 1 aliphatic rings. The summed E-state index contributed by atoms with van der Waals surface area (Å²) in [6, 6.07) is 15.4. The number of aromatic nitrogens is 3. The SMILES string of the molecule is COc1ccc(N(c2ccc(OC)cc2)c2nc(N)nc(N3CCNCC3)n2)cc1. The highest BCUT2D eigenvalue weighted by Crippen LogP contribution is 2.34. The summed E-state index contributed by atoms with van der Waals surface area (Å²) in [4.78, 5) is 17.6. The summed E-state index contributed by atoms with van der Waals surface area (Å²) < 4.78 is 10.6. The highest BCUT2D eigenvalue weighted by Gasteiger charge is 2.21. The smallest absolute Gasteiger partial charge is 0.241 e. The average Bonchev–Trinajstić information content (AvgIpc) is 2.80. The van der Waals surface area contributed by atoms with Crippen LogP contribution in [0.25, 0.3) is 0 Å². The second-order valence-electron chi connectivity index (χ2n) is 6.76. The molecule has 1 saturated heterocycles. The molecule has 9 heteroatoms. The molecule has 0 bridgehead atoms. The molecule has 2 heterocycles. The quantitative estimate of drug-likeness (QED) is 0.637. The Morgan fingerprint density at radius 2 is 1.37 bits per heavy atom. The third kappa shape index (κ3) is 4.20. The minimum Gasteiger partial charge on any atom is -0.497 e. The van der Waals surface area contributed by atoms with E-state index in [4.69, 9.17) is 20.2 Å². The van der Waals surface area contributed by atoms with Crippen molar-refractivity contribution in [1.29, 1.82) is 0 Å². The van der Waals surface area contributed by atoms with Crippen LogP contribution in [-0.4, -0.2) is 55.4 Å². The summed E-state index contributed by atoms with van der Waals surface area (Å²) in [5.74, 6) is 2.74. The maximum atomic E-state index is 6.08. The predicted octanol–water partition coefficient (Wildman–Crippen LogP) is 2.35. The molecule has 0 spiro atoms. The Balaban J connectivity index is 1.79. The Morgan fingerprint density at radius 1 is 0.833 bits per heavy atom. The van der Waals surface area contributed by atoms with E-state index >= 15 is 0 Å². The van der Waals surface area contributed by atoms with Crippen molar-refractivity contribution in [2.75, 3.05) is 55.9 Å². The first-order valence-corrected chi connectivity index (χ1v) is 9.73. The summed E-state index contributed by atoms with van der Waals surface area (Å²) in [7, 11) is 3.28. The van der Waals surface area contributed by atoms with Gasteiger partial charge in [-0.25, -0.2) is 0 Å². The number of hydrogen-bond donors (Lipinski definition) is 2. The normalized spacial score (nSPS) is 13.7. The number of benzene rings is 2. The number of piperazine rings is 1. The lowest BCUT2D eigenvalue weighted by Gasteiger charge is -2.29. The molecule has 0 radical (unpaired) electrons. The molecule has 1 aliphatic heterocycles. The van der Waals surface area contributed by atoms with Crippen molar-refractivity contribution in [3.05, 3.63) is 48.5 Å². The van der Waals surface area contributed by atoms with Crippen LogP contribution in [0, 0.1) is 0 Å². The van der Waals surface area contributed by atoms with Crippen LogP contribution in [0.4, 0.5) is 29.2 Å². The van der Waals surface area contributed by atoms with Crippen LogP contribution in [0.2, 0.25) is 0 Å². The van der Waals surface area contributed by atoms with Crippen LogP contribution in [-0.2, 0) is 0 Å². The number of nitrogens with zero attached hydrogens (tertiary/aromatic N) is 5. The number of hydrogen-bond acceptors (Lipinski definition) is 9. The molecule has 3 N–H and O–H groups in total. The van der Waals surface area contributed by atoms with Gasteiger partial charge >= 0.3 is 0 Å². The molecule has 0 saturated carbocycles. The van der Waals surface area contributed by atoms with Gasteiger partial charge in [0.1, 0.15) is 11.5 Å². The third-order valence-corrected chi connectivity index (χ3v) is 4.89. The van der Waals surface area contributed by atoms with Crippen molar-refractivity contribution < 1.29 is 9.47 Å². The van der Waals surface area contributed by atoms with Gasteiger partial charge in [0.25, 0.3) is 0 Å². The molecule has 9 nitrogen and oxygen atoms in total. The molecule has 0 atom stereocenters. The molecule has 0 unspecified atom stereocenters. The molecule has 3 aromatic rings. The van der Waals surface area contributed by atoms with Gasteiger partial charge in [0.2, 0.25) is 17.8 Å². The van der Waals surface area contributed by atoms with Crippen molar-refractivity contribution in [3.63, 3.8) is 0 Å². The van der Waals surface area contributed by atoms with Crippen LogP contribution in [0.3, 0.4) is 0 Å². The van der Waals surface area contributed by atoms with Gasteiger partial charge in [0, 0.05) is 37.6 Å². The predicted molar refractivity (Wildman–Crippen MR) is 117 cm³/mol. The summed E-state index contributed by atoms with van der Waals surface area (Å²) in [6.07, 6.45) is 0. The van der Waals surface area contributed by atoms with E-state index in [1.807, 2.05) is 53.4 Å². The largest absolute Gasteiger partial charge is 0.497 e. The Kier molecular flexibility index (Phi) is 5.80. The van der Waals surface area contributed by atoms with Crippen molar-refractivity contribution in [1.82, 2.24) is 20.3 Å². The van der Waals surface area contributed by atoms with E-state index in [1.54, 1.807) is 14.2 Å². The van der Waals surface area contributed by atoms with Gasteiger partial charge in [0.15, 0.2) is 0 Å². The van der Waals surface area contributed by atoms with E-state index in [1.165, 1.54) is 0 Å². The first-order valence-electron chi connectivity index (χ1n) is 9.73. The monoisotopic (exact) mass is 407 g/mol. The molecule has 0 aliphatic carbocycles. The molecule has 0 amide bonds. The van der Waals surface area contributed by atoms with Crippen LogP contribution in [0.15, 0.2) is 48.5 Å². The molecule has 1 fully saturated rings. The van der Waals surface area contributed by atoms with Gasteiger partial charge in [-0.1, -0.05) is 0 Å². The Hall–Kier alpha value is -3.59. The van der Waals surface area contributed by atoms with Gasteiger partial charge in [-0.2, -0.15) is 15.0 Å². The van der Waals surface area contributed by atoms with Gasteiger partial charge in [-0.05, 0) is 48.5 Å². The second-order valence-corrected chi connectivity index (χ2v) is 6.76. The maximum Gasteiger partial charge on any atom is 0.241 e. The van der Waals surface area contributed by atoms with E-state index in [0.717, 1.165) is 49.1 Å². The minimum atomic E-state index is 0.181. The van der Waals surface area contributed by atoms with E-state index in [0.29, 0.717) is 11.9 Å². The second kappa shape index (κ2) is 8.83. The van der Waals surface area contributed by atoms with Crippen LogP contribution in [0.5, 0.6) is 11.5 Å². The first kappa shape index (κ1) is 19.7. The van der Waals surface area contributed by atoms with Gasteiger partial charge in [-0.3, -0.25) is 4.90 Å². The molecule has 4 rings (SSSR count). The fourth-order valence-electron chi connectivity index (χ4n) is 3.32. The zero-order valence-electron chi connectivity index (χ0n) is 17.1. The maximum absolute atomic E-state index is 6.08. The number of nitrogens with two attached hydrogens (primary N) is 1. The first-order chi connectivity index (χ1) is 14.7. The van der Waals surface area contributed by atoms with Crippen molar-refractivity contribution in [2.24, 2.45) is 0 Å². The fourth-order valence-corrected chi connectivity index (χ4v) is 3.32. The number of nitrogens with one attached hydrogen (secondary N) is 1. The summed E-state index contributed by atoms with van der Waals surface area (Å²) in [5.41, 5.74) is 7.83. The third-order valence-electron chi connectivity index (χ3n) is 4.89. The molecular formula is C21H25N7O2. The van der Waals surface area contributed by atoms with E-state index in [2.05, 4.69) is 20.2 Å². The van der Waals surface area contributed by atoms with Crippen LogP contribution >= 0.6 is 0 Å². The molecule has 30 heavy (non-hydrogen) atoms. The van der Waals surface area contributed by atoms with Gasteiger partial charge < -0.3 is 25.4 Å². The number of nitrogen functional groups attached to an aromatic ring is 1. The summed E-state index contributed by atoms with van der Waals surface area (Å²) in [5, 5.41) is 3.33. The van der Waals surface area contributed by atoms with Crippen molar-refractivity contribution in [2.45, 2.75) is 0 Å². The highest BCUT2D eigenvalue weighted by molar-refractivity contribution is 5.74. The van der Waals surface area contributed by atoms with Gasteiger partial charge in [0.05, 0.1) is 14.2 Å². The van der Waals surface area contributed by atoms with Crippen LogP contribution in [0.1, 0.15) is 0 Å². The molecular weight excluding hydrogens is 382 g/mol. The standard InChI is InChI=1S/C21H25N7O2/c1-29-17-7-3-15(4-8-17)28(16-5-9-18(30-2)10-6-16)21-25-19(22)24-20(26-21)27-13-11-23-12-14-27/h3-10,23H,11-14H2,1-2H3,(H2,22,24,25,26). The highest BCUT2D eigenvalue weighted by atomic mass is 16.5. The van der Waals surface area contributed by atoms with E-state index in [9.17, 15) is 0 Å². The minimum absolute atomic E-state index is 0.181. The number of rotatable bonds is 6. The van der Waals surface area contributed by atoms with E-state index in [-0.39, 0.29) is 5.95 Å². The number of methoxy groups -OCH3 is 2. The van der Waals surface area contributed by atoms with Gasteiger partial charge in [-0.15, -0.1) is 0 Å². The Bertz CT molecular complexity index is 926. The summed E-state index contributed by atoms with van der Waals surface area (Å²) in [6.45, 7) is 3.38. The molecule has 156 valence electrons. The fraction of sp³-hybridized carbons (Fsp3) is 0.286. The van der Waals surface area contributed by atoms with E-state index < -0.39 is 0 Å². The number of ether oxygens (including phenoxy) is 2.